The number of hydrogen-bond donors (Lipinski definition) is 2. The molecule has 0 spiro atoms. The zero-order valence-electron chi connectivity index (χ0n) is 11.6. The third-order valence-corrected chi connectivity index (χ3v) is 3.80. The van der Waals surface area contributed by atoms with Crippen molar-refractivity contribution < 1.29 is 13.6 Å². The average Bonchev–Trinajstić information content (AvgIpc) is 2.43. The summed E-state index contributed by atoms with van der Waals surface area (Å²) in [5.74, 6) is -1.13. The van der Waals surface area contributed by atoms with Gasteiger partial charge in [-0.1, -0.05) is 6.07 Å². The lowest BCUT2D eigenvalue weighted by Crippen LogP contribution is -2.45. The molecule has 1 aliphatic rings. The fraction of sp³-hybridized carbons (Fsp3) is 0.533. The standard InChI is InChI=1S/C15H20F2N2O/c1-10(12-3-2-6-18-9-12)19-15(20)7-11-4-5-13(16)8-14(11)17/h4-5,8,10,12,18H,2-3,6-7,9H2,1H3,(H,19,20). The summed E-state index contributed by atoms with van der Waals surface area (Å²) < 4.78 is 26.3. The molecular weight excluding hydrogens is 262 g/mol. The third-order valence-electron chi connectivity index (χ3n) is 3.80. The molecule has 1 aromatic carbocycles. The Morgan fingerprint density at radius 2 is 2.30 bits per heavy atom. The van der Waals surface area contributed by atoms with E-state index in [0.717, 1.165) is 32.0 Å². The lowest BCUT2D eigenvalue weighted by atomic mass is 9.92. The van der Waals surface area contributed by atoms with Crippen molar-refractivity contribution in [3.05, 3.63) is 35.4 Å². The van der Waals surface area contributed by atoms with Gasteiger partial charge in [-0.05, 0) is 50.4 Å². The Balaban J connectivity index is 1.88. The summed E-state index contributed by atoms with van der Waals surface area (Å²) in [6.45, 7) is 3.89. The molecule has 1 aliphatic heterocycles. The van der Waals surface area contributed by atoms with Crippen molar-refractivity contribution in [3.8, 4) is 0 Å². The molecule has 0 radical (unpaired) electrons. The van der Waals surface area contributed by atoms with Gasteiger partial charge in [-0.2, -0.15) is 0 Å². The zero-order valence-corrected chi connectivity index (χ0v) is 11.6. The van der Waals surface area contributed by atoms with Gasteiger partial charge >= 0.3 is 0 Å². The molecule has 0 bridgehead atoms. The molecule has 110 valence electrons. The van der Waals surface area contributed by atoms with E-state index in [4.69, 9.17) is 0 Å². The molecule has 20 heavy (non-hydrogen) atoms. The molecule has 0 aliphatic carbocycles. The van der Waals surface area contributed by atoms with Crippen LogP contribution in [0.1, 0.15) is 25.3 Å². The summed E-state index contributed by atoms with van der Waals surface area (Å²) in [7, 11) is 0. The minimum Gasteiger partial charge on any atom is -0.353 e. The zero-order chi connectivity index (χ0) is 14.5. The van der Waals surface area contributed by atoms with Crippen molar-refractivity contribution in [1.29, 1.82) is 0 Å². The number of carbonyl (C=O) groups is 1. The molecule has 2 atom stereocenters. The van der Waals surface area contributed by atoms with Crippen LogP contribution in [0.3, 0.4) is 0 Å². The number of benzene rings is 1. The second-order valence-electron chi connectivity index (χ2n) is 5.38. The molecule has 5 heteroatoms. The number of piperidine rings is 1. The molecule has 1 heterocycles. The lowest BCUT2D eigenvalue weighted by molar-refractivity contribution is -0.121. The van der Waals surface area contributed by atoms with Gasteiger partial charge in [0.1, 0.15) is 11.6 Å². The molecular formula is C15H20F2N2O. The second kappa shape index (κ2) is 6.79. The lowest BCUT2D eigenvalue weighted by Gasteiger charge is -2.29. The highest BCUT2D eigenvalue weighted by Gasteiger charge is 2.21. The number of carbonyl (C=O) groups excluding carboxylic acids is 1. The molecule has 1 fully saturated rings. The van der Waals surface area contributed by atoms with Crippen LogP contribution in [-0.2, 0) is 11.2 Å². The van der Waals surface area contributed by atoms with E-state index in [0.29, 0.717) is 5.92 Å². The smallest absolute Gasteiger partial charge is 0.224 e. The van der Waals surface area contributed by atoms with Crippen LogP contribution < -0.4 is 10.6 Å². The summed E-state index contributed by atoms with van der Waals surface area (Å²) in [4.78, 5) is 11.9. The molecule has 0 aromatic heterocycles. The first-order chi connectivity index (χ1) is 9.56. The van der Waals surface area contributed by atoms with Crippen LogP contribution in [-0.4, -0.2) is 25.0 Å². The van der Waals surface area contributed by atoms with Gasteiger partial charge in [-0.3, -0.25) is 4.79 Å². The normalized spacial score (nSPS) is 20.4. The highest BCUT2D eigenvalue weighted by molar-refractivity contribution is 5.78. The first kappa shape index (κ1) is 14.9. The van der Waals surface area contributed by atoms with Gasteiger partial charge in [0, 0.05) is 12.1 Å². The fourth-order valence-electron chi connectivity index (χ4n) is 2.57. The van der Waals surface area contributed by atoms with Gasteiger partial charge in [0.05, 0.1) is 6.42 Å². The largest absolute Gasteiger partial charge is 0.353 e. The summed E-state index contributed by atoms with van der Waals surface area (Å²) in [6, 6.07) is 3.34. The maximum Gasteiger partial charge on any atom is 0.224 e. The number of hydrogen-bond acceptors (Lipinski definition) is 2. The predicted molar refractivity (Wildman–Crippen MR) is 73.3 cm³/mol. The highest BCUT2D eigenvalue weighted by atomic mass is 19.1. The summed E-state index contributed by atoms with van der Waals surface area (Å²) in [5.41, 5.74) is 0.220. The van der Waals surface area contributed by atoms with Gasteiger partial charge in [0.25, 0.3) is 0 Å². The molecule has 2 rings (SSSR count). The fourth-order valence-corrected chi connectivity index (χ4v) is 2.57. The van der Waals surface area contributed by atoms with Crippen molar-refractivity contribution in [2.45, 2.75) is 32.2 Å². The summed E-state index contributed by atoms with van der Waals surface area (Å²) >= 11 is 0. The maximum absolute atomic E-state index is 13.5. The highest BCUT2D eigenvalue weighted by Crippen LogP contribution is 2.15. The number of amides is 1. The quantitative estimate of drug-likeness (QED) is 0.887. The SMILES string of the molecule is CC(NC(=O)Cc1ccc(F)cc1F)C1CCCNC1. The van der Waals surface area contributed by atoms with E-state index in [9.17, 15) is 13.6 Å². The van der Waals surface area contributed by atoms with Crippen LogP contribution in [0.5, 0.6) is 0 Å². The molecule has 2 N–H and O–H groups in total. The minimum absolute atomic E-state index is 0.0545. The van der Waals surface area contributed by atoms with Crippen LogP contribution >= 0.6 is 0 Å². The molecule has 1 saturated heterocycles. The van der Waals surface area contributed by atoms with E-state index < -0.39 is 11.6 Å². The molecule has 2 unspecified atom stereocenters. The van der Waals surface area contributed by atoms with Crippen LogP contribution in [0, 0.1) is 17.6 Å². The number of nitrogens with one attached hydrogen (secondary N) is 2. The molecule has 0 saturated carbocycles. The summed E-state index contributed by atoms with van der Waals surface area (Å²) in [5, 5.41) is 6.20. The molecule has 3 nitrogen and oxygen atoms in total. The van der Waals surface area contributed by atoms with Crippen LogP contribution in [0.15, 0.2) is 18.2 Å². The maximum atomic E-state index is 13.5. The van der Waals surface area contributed by atoms with Gasteiger partial charge < -0.3 is 10.6 Å². The van der Waals surface area contributed by atoms with Crippen molar-refractivity contribution in [2.75, 3.05) is 13.1 Å². The van der Waals surface area contributed by atoms with Crippen LogP contribution in [0.2, 0.25) is 0 Å². The minimum atomic E-state index is -0.674. The molecule has 1 amide bonds. The van der Waals surface area contributed by atoms with E-state index >= 15 is 0 Å². The van der Waals surface area contributed by atoms with Crippen molar-refractivity contribution in [2.24, 2.45) is 5.92 Å². The Morgan fingerprint density at radius 1 is 1.50 bits per heavy atom. The van der Waals surface area contributed by atoms with E-state index in [2.05, 4.69) is 10.6 Å². The topological polar surface area (TPSA) is 41.1 Å². The Bertz CT molecular complexity index is 473. The van der Waals surface area contributed by atoms with Gasteiger partial charge in [-0.15, -0.1) is 0 Å². The van der Waals surface area contributed by atoms with E-state index in [1.165, 1.54) is 12.1 Å². The second-order valence-corrected chi connectivity index (χ2v) is 5.38. The predicted octanol–water partition coefficient (Wildman–Crippen LogP) is 2.01. The van der Waals surface area contributed by atoms with Gasteiger partial charge in [0.2, 0.25) is 5.91 Å². The number of halogens is 2. The van der Waals surface area contributed by atoms with Crippen molar-refractivity contribution in [1.82, 2.24) is 10.6 Å². The number of rotatable bonds is 4. The molecule has 1 aromatic rings. The third kappa shape index (κ3) is 4.00. The van der Waals surface area contributed by atoms with Crippen molar-refractivity contribution >= 4 is 5.91 Å². The first-order valence-corrected chi connectivity index (χ1v) is 7.00. The van der Waals surface area contributed by atoms with E-state index in [-0.39, 0.29) is 23.9 Å². The van der Waals surface area contributed by atoms with Crippen LogP contribution in [0.25, 0.3) is 0 Å². The Morgan fingerprint density at radius 3 is 2.95 bits per heavy atom. The van der Waals surface area contributed by atoms with E-state index in [1.54, 1.807) is 0 Å². The van der Waals surface area contributed by atoms with Gasteiger partial charge in [0.15, 0.2) is 0 Å². The van der Waals surface area contributed by atoms with E-state index in [1.807, 2.05) is 6.92 Å². The average molecular weight is 282 g/mol. The Kier molecular flexibility index (Phi) is 5.06. The monoisotopic (exact) mass is 282 g/mol. The first-order valence-electron chi connectivity index (χ1n) is 7.00. The Hall–Kier alpha value is -1.49. The Labute approximate surface area is 117 Å². The van der Waals surface area contributed by atoms with Gasteiger partial charge in [-0.25, -0.2) is 8.78 Å². The summed E-state index contributed by atoms with van der Waals surface area (Å²) in [6.07, 6.45) is 2.13. The van der Waals surface area contributed by atoms with Crippen molar-refractivity contribution in [3.63, 3.8) is 0 Å². The van der Waals surface area contributed by atoms with Crippen LogP contribution in [0.4, 0.5) is 8.78 Å².